The molecular weight excluding hydrogens is 320 g/mol. The molecule has 1 aromatic heterocycles. The van der Waals surface area contributed by atoms with E-state index in [1.54, 1.807) is 19.1 Å². The van der Waals surface area contributed by atoms with Crippen LogP contribution >= 0.6 is 0 Å². The summed E-state index contributed by atoms with van der Waals surface area (Å²) in [6, 6.07) is 12.3. The van der Waals surface area contributed by atoms with Crippen LogP contribution in [0.3, 0.4) is 0 Å². The zero-order chi connectivity index (χ0) is 18.0. The van der Waals surface area contributed by atoms with Gasteiger partial charge in [0, 0.05) is 12.5 Å². The Balaban J connectivity index is 1.87. The van der Waals surface area contributed by atoms with Gasteiger partial charge >= 0.3 is 0 Å². The molecule has 25 heavy (non-hydrogen) atoms. The van der Waals surface area contributed by atoms with Crippen LogP contribution in [0.15, 0.2) is 42.5 Å². The van der Waals surface area contributed by atoms with Crippen LogP contribution in [0, 0.1) is 17.0 Å². The van der Waals surface area contributed by atoms with Crippen molar-refractivity contribution >= 4 is 28.3 Å². The highest BCUT2D eigenvalue weighted by molar-refractivity contribution is 5.93. The van der Waals surface area contributed by atoms with Crippen LogP contribution < -0.4 is 5.32 Å². The molecule has 128 valence electrons. The van der Waals surface area contributed by atoms with Gasteiger partial charge < -0.3 is 9.88 Å². The molecule has 7 nitrogen and oxygen atoms in total. The number of hydrogen-bond acceptors (Lipinski definition) is 4. The second-order valence-corrected chi connectivity index (χ2v) is 5.71. The van der Waals surface area contributed by atoms with E-state index in [4.69, 9.17) is 0 Å². The third kappa shape index (κ3) is 3.21. The first kappa shape index (κ1) is 16.6. The van der Waals surface area contributed by atoms with Gasteiger partial charge in [-0.05, 0) is 25.1 Å². The van der Waals surface area contributed by atoms with Crippen LogP contribution in [0.4, 0.5) is 11.4 Å². The van der Waals surface area contributed by atoms with E-state index >= 15 is 0 Å². The molecule has 2 aromatic carbocycles. The Hall–Kier alpha value is -3.22. The van der Waals surface area contributed by atoms with Gasteiger partial charge in [0.15, 0.2) is 0 Å². The Morgan fingerprint density at radius 3 is 2.72 bits per heavy atom. The van der Waals surface area contributed by atoms with E-state index in [0.29, 0.717) is 17.7 Å². The van der Waals surface area contributed by atoms with E-state index in [9.17, 15) is 14.9 Å². The lowest BCUT2D eigenvalue weighted by atomic mass is 10.1. The third-order valence-corrected chi connectivity index (χ3v) is 4.13. The standard InChI is InChI=1S/C18H18N4O3/c1-3-17-19-14-7-4-5-9-16(14)21(17)11-18(23)20-13-8-6-10-15(12(13)2)22(24)25/h4-10H,3,11H2,1-2H3,(H,20,23). The van der Waals surface area contributed by atoms with E-state index in [0.717, 1.165) is 16.9 Å². The van der Waals surface area contributed by atoms with Gasteiger partial charge in [-0.3, -0.25) is 14.9 Å². The molecule has 0 unspecified atom stereocenters. The second kappa shape index (κ2) is 6.72. The Morgan fingerprint density at radius 1 is 1.24 bits per heavy atom. The van der Waals surface area contributed by atoms with Gasteiger partial charge in [-0.2, -0.15) is 0 Å². The van der Waals surface area contributed by atoms with Crippen molar-refractivity contribution in [3.8, 4) is 0 Å². The predicted octanol–water partition coefficient (Wildman–Crippen LogP) is 3.45. The number of nitrogens with one attached hydrogen (secondary N) is 1. The summed E-state index contributed by atoms with van der Waals surface area (Å²) >= 11 is 0. The minimum atomic E-state index is -0.455. The zero-order valence-corrected chi connectivity index (χ0v) is 14.0. The largest absolute Gasteiger partial charge is 0.324 e. The van der Waals surface area contributed by atoms with Crippen LogP contribution in [0.5, 0.6) is 0 Å². The minimum Gasteiger partial charge on any atom is -0.324 e. The first-order valence-electron chi connectivity index (χ1n) is 7.99. The van der Waals surface area contributed by atoms with Gasteiger partial charge in [0.05, 0.1) is 27.2 Å². The summed E-state index contributed by atoms with van der Waals surface area (Å²) in [6.07, 6.45) is 0.706. The summed E-state index contributed by atoms with van der Waals surface area (Å²) in [5.74, 6) is 0.577. The quantitative estimate of drug-likeness (QED) is 0.570. The molecule has 0 radical (unpaired) electrons. The first-order chi connectivity index (χ1) is 12.0. The number of imidazole rings is 1. The monoisotopic (exact) mass is 338 g/mol. The van der Waals surface area contributed by atoms with Gasteiger partial charge in [0.2, 0.25) is 5.91 Å². The van der Waals surface area contributed by atoms with E-state index in [1.807, 2.05) is 35.8 Å². The minimum absolute atomic E-state index is 0.0138. The fourth-order valence-corrected chi connectivity index (χ4v) is 2.86. The number of amides is 1. The van der Waals surface area contributed by atoms with Crippen molar-refractivity contribution < 1.29 is 9.72 Å². The molecule has 0 aliphatic carbocycles. The zero-order valence-electron chi connectivity index (χ0n) is 14.0. The molecule has 0 bridgehead atoms. The lowest BCUT2D eigenvalue weighted by Gasteiger charge is -2.11. The Morgan fingerprint density at radius 2 is 2.00 bits per heavy atom. The number of aryl methyl sites for hydroxylation is 1. The van der Waals surface area contributed by atoms with Crippen molar-refractivity contribution in [2.75, 3.05) is 5.32 Å². The number of nitro groups is 1. The second-order valence-electron chi connectivity index (χ2n) is 5.71. The predicted molar refractivity (Wildman–Crippen MR) is 95.6 cm³/mol. The topological polar surface area (TPSA) is 90.1 Å². The van der Waals surface area contributed by atoms with Crippen molar-refractivity contribution in [1.29, 1.82) is 0 Å². The molecule has 0 fully saturated rings. The number of aromatic nitrogens is 2. The highest BCUT2D eigenvalue weighted by Gasteiger charge is 2.16. The van der Waals surface area contributed by atoms with Gasteiger partial charge in [-0.15, -0.1) is 0 Å². The molecule has 0 atom stereocenters. The lowest BCUT2D eigenvalue weighted by molar-refractivity contribution is -0.385. The number of hydrogen-bond donors (Lipinski definition) is 1. The number of anilines is 1. The molecule has 1 heterocycles. The fraction of sp³-hybridized carbons (Fsp3) is 0.222. The summed E-state index contributed by atoms with van der Waals surface area (Å²) < 4.78 is 1.87. The molecule has 0 aliphatic heterocycles. The van der Waals surface area contributed by atoms with Crippen molar-refractivity contribution in [3.63, 3.8) is 0 Å². The highest BCUT2D eigenvalue weighted by Crippen LogP contribution is 2.25. The number of carbonyl (C=O) groups is 1. The fourth-order valence-electron chi connectivity index (χ4n) is 2.86. The van der Waals surface area contributed by atoms with Crippen LogP contribution in [0.25, 0.3) is 11.0 Å². The molecule has 3 rings (SSSR count). The highest BCUT2D eigenvalue weighted by atomic mass is 16.6. The van der Waals surface area contributed by atoms with Crippen LogP contribution in [-0.4, -0.2) is 20.4 Å². The van der Waals surface area contributed by atoms with Crippen LogP contribution in [-0.2, 0) is 17.8 Å². The van der Waals surface area contributed by atoms with Crippen molar-refractivity contribution in [1.82, 2.24) is 9.55 Å². The molecule has 7 heteroatoms. The van der Waals surface area contributed by atoms with E-state index < -0.39 is 4.92 Å². The third-order valence-electron chi connectivity index (χ3n) is 4.13. The summed E-state index contributed by atoms with van der Waals surface area (Å²) in [7, 11) is 0. The maximum absolute atomic E-state index is 12.5. The van der Waals surface area contributed by atoms with Crippen LogP contribution in [0.2, 0.25) is 0 Å². The van der Waals surface area contributed by atoms with Crippen molar-refractivity contribution in [2.45, 2.75) is 26.8 Å². The molecule has 1 amide bonds. The van der Waals surface area contributed by atoms with Crippen molar-refractivity contribution in [2.24, 2.45) is 0 Å². The number of nitrogens with zero attached hydrogens (tertiary/aromatic N) is 3. The van der Waals surface area contributed by atoms with E-state index in [1.165, 1.54) is 6.07 Å². The number of carbonyl (C=O) groups excluding carboxylic acids is 1. The summed E-state index contributed by atoms with van der Waals surface area (Å²) in [5, 5.41) is 13.8. The first-order valence-corrected chi connectivity index (χ1v) is 7.99. The smallest absolute Gasteiger partial charge is 0.274 e. The molecule has 1 N–H and O–H groups in total. The molecule has 0 saturated carbocycles. The lowest BCUT2D eigenvalue weighted by Crippen LogP contribution is -2.20. The van der Waals surface area contributed by atoms with Gasteiger partial charge in [-0.25, -0.2) is 4.98 Å². The maximum Gasteiger partial charge on any atom is 0.274 e. The molecule has 0 saturated heterocycles. The summed E-state index contributed by atoms with van der Waals surface area (Å²) in [4.78, 5) is 27.6. The number of para-hydroxylation sites is 2. The van der Waals surface area contributed by atoms with Gasteiger partial charge in [-0.1, -0.05) is 25.1 Å². The number of fused-ring (bicyclic) bond motifs is 1. The van der Waals surface area contributed by atoms with Crippen molar-refractivity contribution in [3.05, 3.63) is 64.0 Å². The number of benzene rings is 2. The molecular formula is C18H18N4O3. The molecule has 0 spiro atoms. The van der Waals surface area contributed by atoms with E-state index in [-0.39, 0.29) is 18.1 Å². The van der Waals surface area contributed by atoms with Gasteiger partial charge in [0.25, 0.3) is 5.69 Å². The maximum atomic E-state index is 12.5. The molecule has 3 aromatic rings. The summed E-state index contributed by atoms with van der Waals surface area (Å²) in [5.41, 5.74) is 2.61. The normalized spacial score (nSPS) is 10.8. The SMILES string of the molecule is CCc1nc2ccccc2n1CC(=O)Nc1cccc([N+](=O)[O-])c1C. The number of nitro benzene ring substituents is 1. The number of rotatable bonds is 5. The Bertz CT molecular complexity index is 962. The average molecular weight is 338 g/mol. The van der Waals surface area contributed by atoms with Crippen LogP contribution in [0.1, 0.15) is 18.3 Å². The summed E-state index contributed by atoms with van der Waals surface area (Å²) in [6.45, 7) is 3.71. The Labute approximate surface area is 144 Å². The van der Waals surface area contributed by atoms with E-state index in [2.05, 4.69) is 10.3 Å². The van der Waals surface area contributed by atoms with Gasteiger partial charge in [0.1, 0.15) is 12.4 Å². The average Bonchev–Trinajstić information content (AvgIpc) is 2.94. The Kier molecular flexibility index (Phi) is 4.47. The molecule has 0 aliphatic rings.